The van der Waals surface area contributed by atoms with E-state index in [2.05, 4.69) is 61.7 Å². The molecule has 12 nitrogen and oxygen atoms in total. The topological polar surface area (TPSA) is 169 Å². The summed E-state index contributed by atoms with van der Waals surface area (Å²) in [5, 5.41) is 9.96. The predicted molar refractivity (Wildman–Crippen MR) is 225 cm³/mol. The molecule has 0 radical (unpaired) electrons. The van der Waals surface area contributed by atoms with Crippen LogP contribution in [0.2, 0.25) is 0 Å². The van der Waals surface area contributed by atoms with Crippen LogP contribution in [0, 0.1) is 0 Å². The molecule has 3 amide bonds. The third-order valence-corrected chi connectivity index (χ3v) is 11.0. The SMILES string of the molecule is CCn1cc(CN2CCCC2)c2ccc(NC(=O)[C@H](Cc3ccccc3)NC(=O)[C@H](CCCN=C(N)N)NC(=O)OCC3c4ccccc4-c4ccccc43)cc21. The van der Waals surface area contributed by atoms with Gasteiger partial charge in [-0.2, -0.15) is 0 Å². The molecule has 2 atom stereocenters. The Kier molecular flexibility index (Phi) is 12.5. The number of nitrogens with two attached hydrogens (primary N) is 2. The minimum Gasteiger partial charge on any atom is -0.449 e. The highest BCUT2D eigenvalue weighted by atomic mass is 16.5. The lowest BCUT2D eigenvalue weighted by Gasteiger charge is -2.24. The van der Waals surface area contributed by atoms with Crippen molar-refractivity contribution in [1.82, 2.24) is 20.1 Å². The van der Waals surface area contributed by atoms with Crippen molar-refractivity contribution in [2.24, 2.45) is 16.5 Å². The number of carbonyl (C=O) groups excluding carboxylic acids is 3. The lowest BCUT2D eigenvalue weighted by molar-refractivity contribution is -0.128. The van der Waals surface area contributed by atoms with E-state index < -0.39 is 24.1 Å². The first-order chi connectivity index (χ1) is 27.8. The number of nitrogens with zero attached hydrogens (tertiary/aromatic N) is 3. The zero-order valence-corrected chi connectivity index (χ0v) is 32.5. The Hall–Kier alpha value is -6.14. The summed E-state index contributed by atoms with van der Waals surface area (Å²) in [4.78, 5) is 48.2. The number of guanidine groups is 1. The Balaban J connectivity index is 1.07. The van der Waals surface area contributed by atoms with Gasteiger partial charge in [0, 0.05) is 49.2 Å². The number of rotatable bonds is 16. The molecule has 1 aliphatic carbocycles. The van der Waals surface area contributed by atoms with E-state index in [0.717, 1.165) is 59.5 Å². The van der Waals surface area contributed by atoms with Crippen LogP contribution in [0.3, 0.4) is 0 Å². The van der Waals surface area contributed by atoms with Crippen LogP contribution in [0.15, 0.2) is 108 Å². The van der Waals surface area contributed by atoms with Gasteiger partial charge >= 0.3 is 6.09 Å². The van der Waals surface area contributed by atoms with Crippen molar-refractivity contribution in [2.75, 3.05) is 31.6 Å². The van der Waals surface area contributed by atoms with Crippen LogP contribution < -0.4 is 27.4 Å². The lowest BCUT2D eigenvalue weighted by atomic mass is 9.98. The van der Waals surface area contributed by atoms with Gasteiger partial charge in [0.1, 0.15) is 18.7 Å². The lowest BCUT2D eigenvalue weighted by Crippen LogP contribution is -2.53. The number of anilines is 1. The monoisotopic (exact) mass is 768 g/mol. The van der Waals surface area contributed by atoms with Gasteiger partial charge in [0.25, 0.3) is 0 Å². The molecule has 0 spiro atoms. The van der Waals surface area contributed by atoms with E-state index in [9.17, 15) is 14.4 Å². The van der Waals surface area contributed by atoms with Crippen LogP contribution in [-0.4, -0.2) is 71.7 Å². The molecule has 1 aliphatic heterocycles. The Morgan fingerprint density at radius 3 is 2.21 bits per heavy atom. The van der Waals surface area contributed by atoms with E-state index in [1.807, 2.05) is 78.9 Å². The first-order valence-corrected chi connectivity index (χ1v) is 19.9. The minimum atomic E-state index is -1.03. The summed E-state index contributed by atoms with van der Waals surface area (Å²) in [6.07, 6.45) is 4.77. The number of nitrogens with one attached hydrogen (secondary N) is 3. The van der Waals surface area contributed by atoms with Crippen LogP contribution in [0.1, 0.15) is 60.8 Å². The van der Waals surface area contributed by atoms with Crippen LogP contribution >= 0.6 is 0 Å². The quantitative estimate of drug-likeness (QED) is 0.0474. The molecular weight excluding hydrogens is 717 g/mol. The standard InChI is InChI=1S/C45H52N8O4/c1-2-53-28-31(27-52-23-10-11-24-52)33-21-20-32(26-41(33)53)49-43(55)40(25-30-13-4-3-5-14-30)50-42(54)39(19-12-22-48-44(46)47)51-45(56)57-29-38-36-17-8-6-15-34(36)35-16-7-9-18-37(35)38/h3-9,13-18,20-21,26,28,38-40H,2,10-12,19,22-25,27,29H2,1H3,(H,49,55)(H,50,54)(H,51,56)(H4,46,47,48)/t39-,40-/m0/s1. The second-order valence-electron chi connectivity index (χ2n) is 14.9. The smallest absolute Gasteiger partial charge is 0.407 e. The first-order valence-electron chi connectivity index (χ1n) is 19.9. The Bertz CT molecular complexity index is 2180. The van der Waals surface area contributed by atoms with E-state index in [1.165, 1.54) is 23.8 Å². The van der Waals surface area contributed by atoms with Crippen molar-refractivity contribution < 1.29 is 19.1 Å². The molecule has 7 rings (SSSR count). The van der Waals surface area contributed by atoms with Crippen molar-refractivity contribution in [3.8, 4) is 11.1 Å². The zero-order valence-electron chi connectivity index (χ0n) is 32.5. The second-order valence-corrected chi connectivity index (χ2v) is 14.9. The van der Waals surface area contributed by atoms with Crippen molar-refractivity contribution in [1.29, 1.82) is 0 Å². The number of hydrogen-bond donors (Lipinski definition) is 5. The number of amides is 3. The number of likely N-dealkylation sites (tertiary alicyclic amines) is 1. The summed E-state index contributed by atoms with van der Waals surface area (Å²) >= 11 is 0. The molecule has 2 heterocycles. The average Bonchev–Trinajstić information content (AvgIpc) is 3.95. The molecule has 4 aromatic carbocycles. The van der Waals surface area contributed by atoms with Gasteiger partial charge < -0.3 is 36.7 Å². The maximum Gasteiger partial charge on any atom is 0.407 e. The Morgan fingerprint density at radius 2 is 1.53 bits per heavy atom. The summed E-state index contributed by atoms with van der Waals surface area (Å²) in [6, 6.07) is 29.7. The predicted octanol–water partition coefficient (Wildman–Crippen LogP) is 5.88. The fraction of sp³-hybridized carbons (Fsp3) is 0.333. The van der Waals surface area contributed by atoms with Crippen molar-refractivity contribution >= 4 is 40.5 Å². The highest BCUT2D eigenvalue weighted by Gasteiger charge is 2.31. The largest absolute Gasteiger partial charge is 0.449 e. The van der Waals surface area contributed by atoms with Gasteiger partial charge in [-0.3, -0.25) is 19.5 Å². The van der Waals surface area contributed by atoms with Gasteiger partial charge in [-0.15, -0.1) is 0 Å². The number of benzene rings is 4. The highest BCUT2D eigenvalue weighted by molar-refractivity contribution is 6.00. The van der Waals surface area contributed by atoms with Crippen LogP contribution in [-0.2, 0) is 33.8 Å². The average molecular weight is 769 g/mol. The molecule has 296 valence electrons. The van der Waals surface area contributed by atoms with E-state index in [1.54, 1.807) is 0 Å². The number of aliphatic imine (C=N–C) groups is 1. The molecule has 1 fully saturated rings. The first kappa shape index (κ1) is 39.1. The molecule has 2 aliphatic rings. The number of ether oxygens (including phenoxy) is 1. The minimum absolute atomic E-state index is 0.0627. The van der Waals surface area contributed by atoms with Gasteiger partial charge in [-0.05, 0) is 91.2 Å². The Labute approximate surface area is 333 Å². The van der Waals surface area contributed by atoms with Gasteiger partial charge in [0.05, 0.1) is 5.52 Å². The molecule has 1 aromatic heterocycles. The normalized spacial score (nSPS) is 14.7. The summed E-state index contributed by atoms with van der Waals surface area (Å²) in [7, 11) is 0. The van der Waals surface area contributed by atoms with E-state index in [0.29, 0.717) is 12.1 Å². The number of fused-ring (bicyclic) bond motifs is 4. The van der Waals surface area contributed by atoms with Crippen LogP contribution in [0.25, 0.3) is 22.0 Å². The Morgan fingerprint density at radius 1 is 0.842 bits per heavy atom. The van der Waals surface area contributed by atoms with Gasteiger partial charge in [0.15, 0.2) is 5.96 Å². The fourth-order valence-electron chi connectivity index (χ4n) is 8.13. The molecule has 5 aromatic rings. The number of hydrogen-bond acceptors (Lipinski definition) is 6. The molecule has 0 saturated carbocycles. The second kappa shape index (κ2) is 18.2. The summed E-state index contributed by atoms with van der Waals surface area (Å²) < 4.78 is 8.01. The van der Waals surface area contributed by atoms with Crippen molar-refractivity contribution in [3.05, 3.63) is 126 Å². The van der Waals surface area contributed by atoms with Gasteiger partial charge in [0.2, 0.25) is 11.8 Å². The van der Waals surface area contributed by atoms with E-state index in [4.69, 9.17) is 16.2 Å². The number of aryl methyl sites for hydroxylation is 1. The molecule has 0 unspecified atom stereocenters. The molecule has 7 N–H and O–H groups in total. The number of carbonyl (C=O) groups is 3. The molecular formula is C45H52N8O4. The van der Waals surface area contributed by atoms with Gasteiger partial charge in [-0.1, -0.05) is 84.9 Å². The van der Waals surface area contributed by atoms with E-state index in [-0.39, 0.29) is 43.8 Å². The molecule has 57 heavy (non-hydrogen) atoms. The zero-order chi connectivity index (χ0) is 39.7. The number of aromatic nitrogens is 1. The third-order valence-electron chi connectivity index (χ3n) is 11.0. The fourth-order valence-corrected chi connectivity index (χ4v) is 8.13. The number of alkyl carbamates (subject to hydrolysis) is 1. The molecule has 1 saturated heterocycles. The summed E-state index contributed by atoms with van der Waals surface area (Å²) in [5.74, 6) is -1.11. The third kappa shape index (κ3) is 9.46. The van der Waals surface area contributed by atoms with E-state index >= 15 is 0 Å². The maximum atomic E-state index is 14.1. The van der Waals surface area contributed by atoms with Crippen LogP contribution in [0.5, 0.6) is 0 Å². The van der Waals surface area contributed by atoms with Crippen LogP contribution in [0.4, 0.5) is 10.5 Å². The molecule has 12 heteroatoms. The summed E-state index contributed by atoms with van der Waals surface area (Å²) in [5.41, 5.74) is 19.3. The maximum absolute atomic E-state index is 14.1. The van der Waals surface area contributed by atoms with Crippen molar-refractivity contribution in [3.63, 3.8) is 0 Å². The summed E-state index contributed by atoms with van der Waals surface area (Å²) in [6.45, 7) is 6.37. The van der Waals surface area contributed by atoms with Gasteiger partial charge in [-0.25, -0.2) is 4.79 Å². The van der Waals surface area contributed by atoms with Crippen molar-refractivity contribution in [2.45, 2.75) is 70.1 Å². The highest BCUT2D eigenvalue weighted by Crippen LogP contribution is 2.44. The molecule has 0 bridgehead atoms.